The minimum absolute atomic E-state index is 0.156. The maximum absolute atomic E-state index is 10.7. The molecule has 8 nitrogen and oxygen atoms in total. The maximum Gasteiger partial charge on any atom is 0.335 e. The molecule has 0 aromatic heterocycles. The largest absolute Gasteiger partial charge is 0.479 e. The van der Waals surface area contributed by atoms with Gasteiger partial charge in [-0.15, -0.1) is 0 Å². The minimum Gasteiger partial charge on any atom is -0.479 e. The van der Waals surface area contributed by atoms with Gasteiger partial charge in [0.1, 0.15) is 18.3 Å². The van der Waals surface area contributed by atoms with E-state index >= 15 is 0 Å². The van der Waals surface area contributed by atoms with Gasteiger partial charge >= 0.3 is 5.97 Å². The molecular weight excluding hydrogens is 224 g/mol. The lowest BCUT2D eigenvalue weighted by Crippen LogP contribution is -2.60. The molecule has 1 fully saturated rings. The number of carboxylic acids is 1. The standard InChI is InChI=1S/C8H14O8/c1-2-14-16-8-5(11)3(9)4(10)6(15-8)7(12)13/h3-6,8-11H,2H2,1H3,(H,12,13)/t3-,4-,5+,6-,8?/m0/s1. The molecule has 0 saturated carbocycles. The maximum atomic E-state index is 10.7. The number of rotatable bonds is 4. The van der Waals surface area contributed by atoms with Gasteiger partial charge in [-0.1, -0.05) is 0 Å². The summed E-state index contributed by atoms with van der Waals surface area (Å²) >= 11 is 0. The lowest BCUT2D eigenvalue weighted by molar-refractivity contribution is -0.420. The summed E-state index contributed by atoms with van der Waals surface area (Å²) in [5.74, 6) is -1.47. The van der Waals surface area contributed by atoms with Crippen LogP contribution in [0.1, 0.15) is 6.92 Å². The Labute approximate surface area is 90.9 Å². The minimum atomic E-state index is -1.73. The van der Waals surface area contributed by atoms with Gasteiger partial charge in [0.2, 0.25) is 6.29 Å². The van der Waals surface area contributed by atoms with Crippen molar-refractivity contribution in [1.29, 1.82) is 0 Å². The number of hydrogen-bond acceptors (Lipinski definition) is 7. The summed E-state index contributed by atoms with van der Waals surface area (Å²) in [5.41, 5.74) is 0. The second-order valence-electron chi connectivity index (χ2n) is 3.24. The van der Waals surface area contributed by atoms with Gasteiger partial charge in [0.25, 0.3) is 0 Å². The van der Waals surface area contributed by atoms with E-state index in [1.54, 1.807) is 6.92 Å². The van der Waals surface area contributed by atoms with Gasteiger partial charge in [-0.3, -0.25) is 0 Å². The van der Waals surface area contributed by atoms with Crippen LogP contribution < -0.4 is 0 Å². The van der Waals surface area contributed by atoms with Crippen molar-refractivity contribution >= 4 is 5.97 Å². The van der Waals surface area contributed by atoms with Crippen molar-refractivity contribution in [2.75, 3.05) is 6.61 Å². The molecule has 0 aliphatic carbocycles. The Hall–Kier alpha value is -0.770. The molecule has 1 saturated heterocycles. The number of aliphatic hydroxyl groups excluding tert-OH is 3. The molecule has 8 heteroatoms. The van der Waals surface area contributed by atoms with E-state index in [4.69, 9.17) is 9.84 Å². The third-order valence-corrected chi connectivity index (χ3v) is 2.09. The Kier molecular flexibility index (Phi) is 4.59. The zero-order chi connectivity index (χ0) is 12.3. The molecule has 1 heterocycles. The van der Waals surface area contributed by atoms with Crippen LogP contribution in [0.2, 0.25) is 0 Å². The van der Waals surface area contributed by atoms with Crippen LogP contribution in [-0.2, 0) is 19.3 Å². The van der Waals surface area contributed by atoms with Crippen LogP contribution in [0.3, 0.4) is 0 Å². The van der Waals surface area contributed by atoms with Gasteiger partial charge in [-0.05, 0) is 6.92 Å². The number of aliphatic carboxylic acids is 1. The molecule has 16 heavy (non-hydrogen) atoms. The summed E-state index contributed by atoms with van der Waals surface area (Å²) < 4.78 is 4.74. The van der Waals surface area contributed by atoms with E-state index in [0.29, 0.717) is 0 Å². The van der Waals surface area contributed by atoms with Gasteiger partial charge in [0.15, 0.2) is 6.10 Å². The molecular formula is C8H14O8. The highest BCUT2D eigenvalue weighted by Gasteiger charge is 2.48. The molecule has 1 aliphatic rings. The third kappa shape index (κ3) is 2.67. The Bertz CT molecular complexity index is 244. The average Bonchev–Trinajstić information content (AvgIpc) is 2.24. The van der Waals surface area contributed by atoms with Crippen molar-refractivity contribution < 1.29 is 39.7 Å². The first-order chi connectivity index (χ1) is 7.49. The summed E-state index contributed by atoms with van der Waals surface area (Å²) in [6.07, 6.45) is -8.13. The van der Waals surface area contributed by atoms with Crippen molar-refractivity contribution in [2.45, 2.75) is 37.6 Å². The van der Waals surface area contributed by atoms with Crippen molar-refractivity contribution in [1.82, 2.24) is 0 Å². The van der Waals surface area contributed by atoms with Gasteiger partial charge in [-0.2, -0.15) is 0 Å². The zero-order valence-corrected chi connectivity index (χ0v) is 8.52. The molecule has 0 spiro atoms. The Balaban J connectivity index is 2.69. The highest BCUT2D eigenvalue weighted by atomic mass is 17.2. The smallest absolute Gasteiger partial charge is 0.335 e. The van der Waals surface area contributed by atoms with E-state index in [0.717, 1.165) is 0 Å². The van der Waals surface area contributed by atoms with Crippen molar-refractivity contribution in [3.63, 3.8) is 0 Å². The first-order valence-electron chi connectivity index (χ1n) is 4.69. The number of carbonyl (C=O) groups is 1. The van der Waals surface area contributed by atoms with Crippen LogP contribution >= 0.6 is 0 Å². The topological polar surface area (TPSA) is 126 Å². The van der Waals surface area contributed by atoms with Crippen molar-refractivity contribution in [3.8, 4) is 0 Å². The summed E-state index contributed by atoms with van der Waals surface area (Å²) in [7, 11) is 0. The van der Waals surface area contributed by atoms with E-state index in [1.807, 2.05) is 0 Å². The highest BCUT2D eigenvalue weighted by Crippen LogP contribution is 2.22. The normalized spacial score (nSPS) is 39.6. The van der Waals surface area contributed by atoms with E-state index in [-0.39, 0.29) is 6.61 Å². The molecule has 0 bridgehead atoms. The molecule has 0 amide bonds. The predicted molar refractivity (Wildman–Crippen MR) is 47.0 cm³/mol. The van der Waals surface area contributed by atoms with Crippen LogP contribution in [0.5, 0.6) is 0 Å². The van der Waals surface area contributed by atoms with Crippen LogP contribution in [0.25, 0.3) is 0 Å². The lowest BCUT2D eigenvalue weighted by Gasteiger charge is -2.37. The van der Waals surface area contributed by atoms with E-state index in [1.165, 1.54) is 0 Å². The summed E-state index contributed by atoms with van der Waals surface area (Å²) in [5, 5.41) is 36.7. The van der Waals surface area contributed by atoms with Crippen molar-refractivity contribution in [3.05, 3.63) is 0 Å². The SMILES string of the molecule is CCOOC1O[C@H](C(=O)O)[C@@H](O)[C@H](O)[C@H]1O. The van der Waals surface area contributed by atoms with Crippen molar-refractivity contribution in [2.24, 2.45) is 0 Å². The lowest BCUT2D eigenvalue weighted by atomic mass is 9.99. The first-order valence-corrected chi connectivity index (χ1v) is 4.69. The number of carboxylic acid groups (broad SMARTS) is 1. The quantitative estimate of drug-likeness (QED) is 0.322. The molecule has 1 unspecified atom stereocenters. The summed E-state index contributed by atoms with van der Waals surface area (Å²) in [6, 6.07) is 0. The van der Waals surface area contributed by atoms with E-state index in [9.17, 15) is 20.1 Å². The number of ether oxygens (including phenoxy) is 1. The Morgan fingerprint density at radius 2 is 1.88 bits per heavy atom. The van der Waals surface area contributed by atoms with Gasteiger partial charge in [-0.25, -0.2) is 14.6 Å². The fourth-order valence-electron chi connectivity index (χ4n) is 1.27. The van der Waals surface area contributed by atoms with Crippen LogP contribution in [0.15, 0.2) is 0 Å². The molecule has 4 N–H and O–H groups in total. The van der Waals surface area contributed by atoms with Crippen LogP contribution in [0.4, 0.5) is 0 Å². The summed E-state index contributed by atoms with van der Waals surface area (Å²) in [6.45, 7) is 1.76. The third-order valence-electron chi connectivity index (χ3n) is 2.09. The fourth-order valence-corrected chi connectivity index (χ4v) is 1.27. The fraction of sp³-hybridized carbons (Fsp3) is 0.875. The average molecular weight is 238 g/mol. The summed E-state index contributed by atoms with van der Waals surface area (Å²) in [4.78, 5) is 19.7. The number of hydrogen-bond donors (Lipinski definition) is 4. The van der Waals surface area contributed by atoms with Gasteiger partial charge in [0.05, 0.1) is 6.61 Å². The molecule has 5 atom stereocenters. The Morgan fingerprint density at radius 3 is 2.38 bits per heavy atom. The first kappa shape index (κ1) is 13.3. The second-order valence-corrected chi connectivity index (χ2v) is 3.24. The Morgan fingerprint density at radius 1 is 1.25 bits per heavy atom. The molecule has 0 aromatic carbocycles. The van der Waals surface area contributed by atoms with Gasteiger partial charge < -0.3 is 25.2 Å². The molecule has 0 aromatic rings. The number of aliphatic hydroxyl groups is 3. The second kappa shape index (κ2) is 5.53. The predicted octanol–water partition coefficient (Wildman–Crippen LogP) is -2.15. The van der Waals surface area contributed by atoms with Crippen LogP contribution in [0, 0.1) is 0 Å². The molecule has 1 aliphatic heterocycles. The van der Waals surface area contributed by atoms with E-state index < -0.39 is 36.7 Å². The molecule has 0 radical (unpaired) electrons. The van der Waals surface area contributed by atoms with Crippen LogP contribution in [-0.4, -0.2) is 63.7 Å². The molecule has 1 rings (SSSR count). The monoisotopic (exact) mass is 238 g/mol. The molecule has 94 valence electrons. The van der Waals surface area contributed by atoms with Gasteiger partial charge in [0, 0.05) is 0 Å². The highest BCUT2D eigenvalue weighted by molar-refractivity contribution is 5.73. The van der Waals surface area contributed by atoms with E-state index in [2.05, 4.69) is 9.78 Å². The zero-order valence-electron chi connectivity index (χ0n) is 8.52.